The summed E-state index contributed by atoms with van der Waals surface area (Å²) in [6.07, 6.45) is 0. The first-order chi connectivity index (χ1) is 24.8. The number of thiophene rings is 1. The maximum absolute atomic E-state index is 5.06. The summed E-state index contributed by atoms with van der Waals surface area (Å²) in [4.78, 5) is 15.0. The largest absolute Gasteiger partial charge is 0.309 e. The smallest absolute Gasteiger partial charge is 0.164 e. The number of aromatic nitrogens is 4. The van der Waals surface area contributed by atoms with Crippen LogP contribution < -0.4 is 0 Å². The quantitative estimate of drug-likeness (QED) is 0.185. The fraction of sp³-hybridized carbons (Fsp3) is 0. The molecule has 0 amide bonds. The molecule has 0 aliphatic heterocycles. The minimum absolute atomic E-state index is 0.640. The lowest BCUT2D eigenvalue weighted by molar-refractivity contribution is 1.07. The van der Waals surface area contributed by atoms with E-state index >= 15 is 0 Å². The van der Waals surface area contributed by atoms with Crippen molar-refractivity contribution < 1.29 is 0 Å². The van der Waals surface area contributed by atoms with E-state index in [1.54, 1.807) is 0 Å². The van der Waals surface area contributed by atoms with Crippen molar-refractivity contribution in [1.82, 2.24) is 19.5 Å². The Hall–Kier alpha value is -6.43. The number of nitrogens with zero attached hydrogens (tertiary/aromatic N) is 4. The zero-order valence-corrected chi connectivity index (χ0v) is 27.7. The van der Waals surface area contributed by atoms with Crippen LogP contribution >= 0.6 is 11.3 Å². The molecule has 0 atom stereocenters. The van der Waals surface area contributed by atoms with Crippen LogP contribution in [0.25, 0.3) is 93.0 Å². The summed E-state index contributed by atoms with van der Waals surface area (Å²) in [5, 5.41) is 5.02. The van der Waals surface area contributed by atoms with Crippen molar-refractivity contribution >= 4 is 53.3 Å². The number of rotatable bonds is 5. The second-order valence-corrected chi connectivity index (χ2v) is 13.5. The van der Waals surface area contributed by atoms with E-state index in [4.69, 9.17) is 15.0 Å². The van der Waals surface area contributed by atoms with Gasteiger partial charge in [0.05, 0.1) is 16.7 Å². The monoisotopic (exact) mass is 656 g/mol. The van der Waals surface area contributed by atoms with Gasteiger partial charge in [0.1, 0.15) is 0 Å². The predicted molar refractivity (Wildman–Crippen MR) is 209 cm³/mol. The third-order valence-corrected chi connectivity index (χ3v) is 10.7. The molecule has 234 valence electrons. The Labute approximate surface area is 292 Å². The van der Waals surface area contributed by atoms with Crippen LogP contribution in [0.2, 0.25) is 0 Å². The van der Waals surface area contributed by atoms with Crippen LogP contribution in [-0.2, 0) is 0 Å². The molecule has 0 radical (unpaired) electrons. The summed E-state index contributed by atoms with van der Waals surface area (Å²) < 4.78 is 4.96. The molecule has 0 saturated carbocycles. The Morgan fingerprint density at radius 1 is 0.380 bits per heavy atom. The Morgan fingerprint density at radius 3 is 1.52 bits per heavy atom. The van der Waals surface area contributed by atoms with Gasteiger partial charge in [0.25, 0.3) is 0 Å². The highest BCUT2D eigenvalue weighted by molar-refractivity contribution is 7.26. The summed E-state index contributed by atoms with van der Waals surface area (Å²) in [5.41, 5.74) is 8.65. The molecule has 0 unspecified atom stereocenters. The summed E-state index contributed by atoms with van der Waals surface area (Å²) in [5.74, 6) is 1.94. The van der Waals surface area contributed by atoms with Crippen molar-refractivity contribution in [3.8, 4) is 51.0 Å². The van der Waals surface area contributed by atoms with E-state index in [0.717, 1.165) is 27.9 Å². The molecule has 0 saturated heterocycles. The fourth-order valence-electron chi connectivity index (χ4n) is 7.18. The Morgan fingerprint density at radius 2 is 0.880 bits per heavy atom. The molecule has 10 rings (SSSR count). The Balaban J connectivity index is 1.25. The van der Waals surface area contributed by atoms with Crippen LogP contribution in [0.4, 0.5) is 0 Å². The first-order valence-electron chi connectivity index (χ1n) is 16.7. The van der Waals surface area contributed by atoms with Crippen LogP contribution in [0, 0.1) is 0 Å². The number of hydrogen-bond acceptors (Lipinski definition) is 4. The maximum Gasteiger partial charge on any atom is 0.164 e. The summed E-state index contributed by atoms with van der Waals surface area (Å²) in [6, 6.07) is 59.7. The molecule has 5 heteroatoms. The zero-order valence-electron chi connectivity index (χ0n) is 26.9. The molecule has 0 bridgehead atoms. The highest BCUT2D eigenvalue weighted by atomic mass is 32.1. The van der Waals surface area contributed by atoms with Gasteiger partial charge in [0.15, 0.2) is 17.5 Å². The van der Waals surface area contributed by atoms with Crippen LogP contribution in [0.1, 0.15) is 0 Å². The number of benzene rings is 7. The lowest BCUT2D eigenvalue weighted by Crippen LogP contribution is -2.00. The third-order valence-electron chi connectivity index (χ3n) is 9.45. The van der Waals surface area contributed by atoms with Crippen LogP contribution in [0.5, 0.6) is 0 Å². The minimum Gasteiger partial charge on any atom is -0.309 e. The normalized spacial score (nSPS) is 11.6. The molecular weight excluding hydrogens is 629 g/mol. The molecule has 50 heavy (non-hydrogen) atoms. The van der Waals surface area contributed by atoms with Crippen molar-refractivity contribution in [2.24, 2.45) is 0 Å². The number of fused-ring (bicyclic) bond motifs is 6. The van der Waals surface area contributed by atoms with Crippen LogP contribution in [0.3, 0.4) is 0 Å². The van der Waals surface area contributed by atoms with Gasteiger partial charge in [0, 0.05) is 53.2 Å². The minimum atomic E-state index is 0.640. The molecule has 4 nitrogen and oxygen atoms in total. The average molecular weight is 657 g/mol. The van der Waals surface area contributed by atoms with Crippen molar-refractivity contribution in [3.63, 3.8) is 0 Å². The van der Waals surface area contributed by atoms with Gasteiger partial charge in [0.2, 0.25) is 0 Å². The van der Waals surface area contributed by atoms with E-state index < -0.39 is 0 Å². The maximum atomic E-state index is 5.06. The molecule has 0 N–H and O–H groups in total. The van der Waals surface area contributed by atoms with Gasteiger partial charge in [-0.2, -0.15) is 0 Å². The van der Waals surface area contributed by atoms with Gasteiger partial charge in [-0.05, 0) is 35.9 Å². The molecule has 0 fully saturated rings. The standard InChI is InChI=1S/C45H28N4S/c1-3-14-29(15-4-1)43-46-44(30-16-5-2-6-17-30)48-45(47-43)32-19-13-18-31(28-32)41-39(27-26-36-35-22-9-12-25-40(35)50-42(36)41)49-37-23-10-7-20-33(37)34-21-8-11-24-38(34)49/h1-28H. The lowest BCUT2D eigenvalue weighted by atomic mass is 9.98. The number of para-hydroxylation sites is 2. The molecule has 0 aliphatic carbocycles. The molecule has 3 aromatic heterocycles. The highest BCUT2D eigenvalue weighted by Crippen LogP contribution is 2.45. The van der Waals surface area contributed by atoms with Gasteiger partial charge < -0.3 is 4.57 Å². The topological polar surface area (TPSA) is 43.6 Å². The Kier molecular flexibility index (Phi) is 6.64. The van der Waals surface area contributed by atoms with Gasteiger partial charge in [-0.25, -0.2) is 15.0 Å². The van der Waals surface area contributed by atoms with E-state index in [-0.39, 0.29) is 0 Å². The molecular formula is C45H28N4S. The molecule has 10 aromatic rings. The number of hydrogen-bond donors (Lipinski definition) is 0. The predicted octanol–water partition coefficient (Wildman–Crippen LogP) is 12.0. The van der Waals surface area contributed by atoms with Gasteiger partial charge >= 0.3 is 0 Å². The van der Waals surface area contributed by atoms with E-state index in [2.05, 4.69) is 114 Å². The van der Waals surface area contributed by atoms with E-state index in [0.29, 0.717) is 17.5 Å². The first kappa shape index (κ1) is 28.6. The van der Waals surface area contributed by atoms with Gasteiger partial charge in [-0.15, -0.1) is 11.3 Å². The van der Waals surface area contributed by atoms with Crippen molar-refractivity contribution in [2.45, 2.75) is 0 Å². The third kappa shape index (κ3) is 4.63. The molecule has 0 spiro atoms. The van der Waals surface area contributed by atoms with Crippen molar-refractivity contribution in [3.05, 3.63) is 170 Å². The van der Waals surface area contributed by atoms with Gasteiger partial charge in [-0.3, -0.25) is 0 Å². The van der Waals surface area contributed by atoms with E-state index in [1.807, 2.05) is 72.0 Å². The molecule has 3 heterocycles. The van der Waals surface area contributed by atoms with Crippen LogP contribution in [-0.4, -0.2) is 19.5 Å². The van der Waals surface area contributed by atoms with E-state index in [1.165, 1.54) is 47.5 Å². The first-order valence-corrected chi connectivity index (χ1v) is 17.5. The average Bonchev–Trinajstić information content (AvgIpc) is 3.74. The molecule has 0 aliphatic rings. The van der Waals surface area contributed by atoms with Crippen LogP contribution in [0.15, 0.2) is 170 Å². The summed E-state index contributed by atoms with van der Waals surface area (Å²) in [6.45, 7) is 0. The SMILES string of the molecule is c1ccc(-c2nc(-c3ccccc3)nc(-c3cccc(-c4c(-n5c6ccccc6c6ccccc65)ccc5c4sc4ccccc45)c3)n2)cc1. The fourth-order valence-corrected chi connectivity index (χ4v) is 8.44. The van der Waals surface area contributed by atoms with E-state index in [9.17, 15) is 0 Å². The second-order valence-electron chi connectivity index (χ2n) is 12.4. The van der Waals surface area contributed by atoms with Crippen molar-refractivity contribution in [1.29, 1.82) is 0 Å². The summed E-state index contributed by atoms with van der Waals surface area (Å²) in [7, 11) is 0. The zero-order chi connectivity index (χ0) is 33.0. The lowest BCUT2D eigenvalue weighted by Gasteiger charge is -2.16. The second kappa shape index (κ2) is 11.6. The molecule has 7 aromatic carbocycles. The Bertz CT molecular complexity index is 2760. The summed E-state index contributed by atoms with van der Waals surface area (Å²) >= 11 is 1.85. The van der Waals surface area contributed by atoms with Crippen molar-refractivity contribution in [2.75, 3.05) is 0 Å². The highest BCUT2D eigenvalue weighted by Gasteiger charge is 2.21. The van der Waals surface area contributed by atoms with Gasteiger partial charge in [-0.1, -0.05) is 140 Å².